The zero-order valence-corrected chi connectivity index (χ0v) is 14.0. The Morgan fingerprint density at radius 1 is 1.05 bits per heavy atom. The molecule has 0 aliphatic rings. The predicted octanol–water partition coefficient (Wildman–Crippen LogP) is 5.44. The maximum atomic E-state index is 13.4. The fraction of sp³-hybridized carbons (Fsp3) is 0.375. The molecule has 2 aromatic rings. The summed E-state index contributed by atoms with van der Waals surface area (Å²) in [5.41, 5.74) is -0.148. The number of alkyl halides is 3. The van der Waals surface area contributed by atoms with Gasteiger partial charge in [0.05, 0.1) is 5.56 Å². The van der Waals surface area contributed by atoms with Crippen LogP contribution in [0.5, 0.6) is 0 Å². The molecule has 0 amide bonds. The van der Waals surface area contributed by atoms with Gasteiger partial charge < -0.3 is 0 Å². The first-order valence-corrected chi connectivity index (χ1v) is 7.51. The van der Waals surface area contributed by atoms with Crippen LogP contribution in [0.1, 0.15) is 43.4 Å². The van der Waals surface area contributed by atoms with Crippen LogP contribution in [0.2, 0.25) is 0 Å². The van der Waals surface area contributed by atoms with Crippen LogP contribution in [0.15, 0.2) is 41.4 Å². The summed E-state index contributed by atoms with van der Waals surface area (Å²) in [6.45, 7) is 5.73. The molecule has 6 heteroatoms. The van der Waals surface area contributed by atoms with Crippen molar-refractivity contribution in [3.8, 4) is 0 Å². The van der Waals surface area contributed by atoms with E-state index in [4.69, 9.17) is 0 Å². The lowest BCUT2D eigenvalue weighted by atomic mass is 9.72. The minimum absolute atomic E-state index is 0.234. The van der Waals surface area contributed by atoms with E-state index in [-0.39, 0.29) is 5.56 Å². The molecule has 0 spiro atoms. The van der Waals surface area contributed by atoms with E-state index in [9.17, 15) is 13.2 Å². The van der Waals surface area contributed by atoms with Gasteiger partial charge in [-0.3, -0.25) is 0 Å². The molecule has 0 aliphatic carbocycles. The van der Waals surface area contributed by atoms with Crippen molar-refractivity contribution in [1.29, 1.82) is 0 Å². The first-order chi connectivity index (χ1) is 10.1. The van der Waals surface area contributed by atoms with E-state index in [0.29, 0.717) is 10.0 Å². The van der Waals surface area contributed by atoms with Gasteiger partial charge in [-0.05, 0) is 28.7 Å². The number of hydrogen-bond acceptors (Lipinski definition) is 2. The highest BCUT2D eigenvalue weighted by Crippen LogP contribution is 2.45. The second kappa shape index (κ2) is 5.99. The number of halogens is 4. The van der Waals surface area contributed by atoms with Crippen molar-refractivity contribution in [2.75, 3.05) is 0 Å². The third-order valence-corrected chi connectivity index (χ3v) is 3.90. The molecule has 0 fully saturated rings. The molecule has 0 bridgehead atoms. The molecule has 1 heterocycles. The molecule has 118 valence electrons. The number of aromatic nitrogens is 2. The first-order valence-electron chi connectivity index (χ1n) is 6.72. The zero-order chi connectivity index (χ0) is 16.5. The number of rotatable bonds is 2. The molecule has 0 saturated heterocycles. The van der Waals surface area contributed by atoms with E-state index in [1.807, 2.05) is 20.8 Å². The molecule has 0 radical (unpaired) electrons. The van der Waals surface area contributed by atoms with Crippen LogP contribution in [0.4, 0.5) is 13.2 Å². The summed E-state index contributed by atoms with van der Waals surface area (Å²) >= 11 is 3.12. The lowest BCUT2D eigenvalue weighted by Gasteiger charge is -2.33. The Kier molecular flexibility index (Phi) is 4.61. The second-order valence-electron chi connectivity index (χ2n) is 6.20. The van der Waals surface area contributed by atoms with Crippen LogP contribution in [0, 0.1) is 5.41 Å². The number of hydrogen-bond donors (Lipinski definition) is 0. The lowest BCUT2D eigenvalue weighted by Crippen LogP contribution is -2.23. The predicted molar refractivity (Wildman–Crippen MR) is 82.5 cm³/mol. The minimum atomic E-state index is -4.42. The normalized spacial score (nSPS) is 14.0. The van der Waals surface area contributed by atoms with Crippen LogP contribution in [0.25, 0.3) is 0 Å². The second-order valence-corrected chi connectivity index (χ2v) is 7.12. The molecule has 0 aliphatic heterocycles. The molecule has 2 nitrogen and oxygen atoms in total. The van der Waals surface area contributed by atoms with Gasteiger partial charge in [-0.2, -0.15) is 13.2 Å². The van der Waals surface area contributed by atoms with Crippen molar-refractivity contribution in [2.24, 2.45) is 5.41 Å². The van der Waals surface area contributed by atoms with Gasteiger partial charge in [0, 0.05) is 22.8 Å². The molecule has 1 aromatic carbocycles. The Bertz CT molecular complexity index is 649. The van der Waals surface area contributed by atoms with Gasteiger partial charge in [-0.25, -0.2) is 9.97 Å². The fourth-order valence-corrected chi connectivity index (χ4v) is 2.99. The molecule has 2 rings (SSSR count). The molecule has 0 N–H and O–H groups in total. The van der Waals surface area contributed by atoms with E-state index in [2.05, 4.69) is 25.9 Å². The molecule has 1 aromatic heterocycles. The lowest BCUT2D eigenvalue weighted by molar-refractivity contribution is -0.138. The third-order valence-electron chi connectivity index (χ3n) is 3.41. The van der Waals surface area contributed by atoms with Gasteiger partial charge in [0.25, 0.3) is 0 Å². The smallest absolute Gasteiger partial charge is 0.245 e. The van der Waals surface area contributed by atoms with Crippen LogP contribution < -0.4 is 0 Å². The number of benzene rings is 1. The Balaban J connectivity index is 2.69. The van der Waals surface area contributed by atoms with Gasteiger partial charge in [0.15, 0.2) is 0 Å². The topological polar surface area (TPSA) is 25.8 Å². The Labute approximate surface area is 135 Å². The summed E-state index contributed by atoms with van der Waals surface area (Å²) in [4.78, 5) is 7.90. The van der Waals surface area contributed by atoms with E-state index in [0.717, 1.165) is 6.07 Å². The van der Waals surface area contributed by atoms with E-state index >= 15 is 0 Å². The fourth-order valence-electron chi connectivity index (χ4n) is 2.63. The maximum Gasteiger partial charge on any atom is 0.416 e. The van der Waals surface area contributed by atoms with Crippen LogP contribution in [0.3, 0.4) is 0 Å². The number of nitrogens with zero attached hydrogens (tertiary/aromatic N) is 2. The van der Waals surface area contributed by atoms with E-state index in [1.54, 1.807) is 18.5 Å². The Morgan fingerprint density at radius 3 is 2.14 bits per heavy atom. The van der Waals surface area contributed by atoms with Gasteiger partial charge in [-0.15, -0.1) is 0 Å². The summed E-state index contributed by atoms with van der Waals surface area (Å²) in [5, 5.41) is 0. The zero-order valence-electron chi connectivity index (χ0n) is 12.4. The monoisotopic (exact) mass is 372 g/mol. The van der Waals surface area contributed by atoms with Crippen LogP contribution in [-0.2, 0) is 6.18 Å². The summed E-state index contributed by atoms with van der Waals surface area (Å²) in [5.74, 6) is -0.460. The summed E-state index contributed by atoms with van der Waals surface area (Å²) in [6.07, 6.45) is 0.101. The van der Waals surface area contributed by atoms with Crippen LogP contribution >= 0.6 is 15.9 Å². The molecular formula is C16H16BrF3N2. The van der Waals surface area contributed by atoms with Gasteiger partial charge in [-0.1, -0.05) is 42.8 Å². The molecule has 0 saturated carbocycles. The van der Waals surface area contributed by atoms with E-state index in [1.165, 1.54) is 12.4 Å². The third kappa shape index (κ3) is 3.66. The highest BCUT2D eigenvalue weighted by molar-refractivity contribution is 9.10. The average Bonchev–Trinajstić information content (AvgIpc) is 2.39. The summed E-state index contributed by atoms with van der Waals surface area (Å²) in [7, 11) is 0. The van der Waals surface area contributed by atoms with E-state index < -0.39 is 23.1 Å². The van der Waals surface area contributed by atoms with Gasteiger partial charge in [0.1, 0.15) is 6.33 Å². The van der Waals surface area contributed by atoms with Crippen molar-refractivity contribution in [3.63, 3.8) is 0 Å². The highest BCUT2D eigenvalue weighted by Gasteiger charge is 2.39. The summed E-state index contributed by atoms with van der Waals surface area (Å²) < 4.78 is 40.7. The first kappa shape index (κ1) is 16.9. The maximum absolute atomic E-state index is 13.4. The molecule has 1 atom stereocenters. The average molecular weight is 373 g/mol. The highest BCUT2D eigenvalue weighted by atomic mass is 79.9. The molecular weight excluding hydrogens is 357 g/mol. The largest absolute Gasteiger partial charge is 0.416 e. The van der Waals surface area contributed by atoms with Crippen LogP contribution in [-0.4, -0.2) is 9.97 Å². The van der Waals surface area contributed by atoms with Crippen molar-refractivity contribution >= 4 is 15.9 Å². The Morgan fingerprint density at radius 2 is 1.64 bits per heavy atom. The van der Waals surface area contributed by atoms with Crippen molar-refractivity contribution in [3.05, 3.63) is 58.1 Å². The van der Waals surface area contributed by atoms with Gasteiger partial charge in [0.2, 0.25) is 0 Å². The van der Waals surface area contributed by atoms with Crippen molar-refractivity contribution in [2.45, 2.75) is 32.9 Å². The van der Waals surface area contributed by atoms with Gasteiger partial charge >= 0.3 is 6.18 Å². The summed E-state index contributed by atoms with van der Waals surface area (Å²) in [6, 6.07) is 4.28. The Hall–Kier alpha value is -1.43. The standard InChI is InChI=1S/C16H16BrF3N2/c1-15(2,3)14(10-7-21-9-22-8-10)12-5-4-11(17)6-13(12)16(18,19)20/h4-9,14H,1-3H3. The SMILES string of the molecule is CC(C)(C)C(c1cncnc1)c1ccc(Br)cc1C(F)(F)F. The molecule has 22 heavy (non-hydrogen) atoms. The van der Waals surface area contributed by atoms with Crippen molar-refractivity contribution in [1.82, 2.24) is 9.97 Å². The quantitative estimate of drug-likeness (QED) is 0.701. The molecule has 1 unspecified atom stereocenters. The minimum Gasteiger partial charge on any atom is -0.245 e. The van der Waals surface area contributed by atoms with Crippen molar-refractivity contribution < 1.29 is 13.2 Å².